The molecule has 0 spiro atoms. The molecule has 50 heavy (non-hydrogen) atoms. The molecule has 4 atom stereocenters. The van der Waals surface area contributed by atoms with Gasteiger partial charge in [-0.25, -0.2) is 4.98 Å². The van der Waals surface area contributed by atoms with Crippen LogP contribution >= 0.6 is 0 Å². The fourth-order valence-corrected chi connectivity index (χ4v) is 6.02. The number of nitrogens with zero attached hydrogens (tertiary/aromatic N) is 2. The number of aliphatic hydroxyl groups excluding tert-OH is 2. The first kappa shape index (κ1) is 36.2. The molecule has 5 aromatic rings. The highest BCUT2D eigenvalue weighted by Gasteiger charge is 2.19. The Hall–Kier alpha value is -5.09. The van der Waals surface area contributed by atoms with Gasteiger partial charge in [0.1, 0.15) is 11.9 Å². The van der Waals surface area contributed by atoms with Crippen LogP contribution in [-0.4, -0.2) is 50.2 Å². The zero-order chi connectivity index (χ0) is 35.6. The zero-order valence-corrected chi connectivity index (χ0v) is 29.1. The standard InChI is InChI=1S/C41H47N5O4/c1-27(42-26-37(47)36-14-9-15-38(45-36)46-28(2)16-17-29(46)3)22-32-10-8-11-33(23-32)24-39(48)43-25-31-18-20-35(21-19-31)41(50)44-30(4)40(49)34-12-6-5-7-13-34/h5-21,23,27,30,37,40,42,47,49H,22,24-26H2,1-4H3,(H,43,48)(H,44,50)/t27?,30-,37+,40-/m0/s1. The second-order valence-corrected chi connectivity index (χ2v) is 13.0. The molecule has 0 radical (unpaired) electrons. The maximum absolute atomic E-state index is 12.8. The fourth-order valence-electron chi connectivity index (χ4n) is 6.02. The van der Waals surface area contributed by atoms with Crippen molar-refractivity contribution in [1.29, 1.82) is 0 Å². The molecule has 5 rings (SSSR count). The Morgan fingerprint density at radius 3 is 2.18 bits per heavy atom. The molecule has 0 aliphatic heterocycles. The summed E-state index contributed by atoms with van der Waals surface area (Å²) in [6, 6.07) is 33.7. The molecule has 0 saturated carbocycles. The molecule has 0 aliphatic rings. The normalized spacial score (nSPS) is 13.6. The minimum atomic E-state index is -0.814. The van der Waals surface area contributed by atoms with Crippen molar-refractivity contribution in [2.75, 3.05) is 6.54 Å². The molecule has 5 N–H and O–H groups in total. The molecule has 0 fully saturated rings. The van der Waals surface area contributed by atoms with Crippen molar-refractivity contribution in [2.24, 2.45) is 0 Å². The lowest BCUT2D eigenvalue weighted by atomic mass is 10.0. The Labute approximate surface area is 294 Å². The van der Waals surface area contributed by atoms with Crippen molar-refractivity contribution >= 4 is 11.8 Å². The quantitative estimate of drug-likeness (QED) is 0.101. The second kappa shape index (κ2) is 17.0. The molecule has 1 unspecified atom stereocenters. The van der Waals surface area contributed by atoms with Crippen molar-refractivity contribution < 1.29 is 19.8 Å². The van der Waals surface area contributed by atoms with E-state index in [-0.39, 0.29) is 24.3 Å². The van der Waals surface area contributed by atoms with Crippen LogP contribution in [0, 0.1) is 13.8 Å². The molecule has 9 nitrogen and oxygen atoms in total. The topological polar surface area (TPSA) is 129 Å². The van der Waals surface area contributed by atoms with E-state index >= 15 is 0 Å². The fraction of sp³-hybridized carbons (Fsp3) is 0.293. The van der Waals surface area contributed by atoms with Gasteiger partial charge in [0.15, 0.2) is 0 Å². The summed E-state index contributed by atoms with van der Waals surface area (Å²) >= 11 is 0. The highest BCUT2D eigenvalue weighted by Crippen LogP contribution is 2.19. The number of carbonyl (C=O) groups excluding carboxylic acids is 2. The number of carbonyl (C=O) groups is 2. The average molecular weight is 674 g/mol. The summed E-state index contributed by atoms with van der Waals surface area (Å²) in [4.78, 5) is 30.3. The van der Waals surface area contributed by atoms with Crippen LogP contribution in [0.15, 0.2) is 109 Å². The lowest BCUT2D eigenvalue weighted by Gasteiger charge is -2.20. The Morgan fingerprint density at radius 1 is 0.780 bits per heavy atom. The lowest BCUT2D eigenvalue weighted by molar-refractivity contribution is -0.120. The maximum atomic E-state index is 12.8. The number of benzene rings is 3. The van der Waals surface area contributed by atoms with Crippen molar-refractivity contribution in [1.82, 2.24) is 25.5 Å². The van der Waals surface area contributed by atoms with E-state index in [1.54, 1.807) is 19.1 Å². The largest absolute Gasteiger partial charge is 0.386 e. The third-order valence-electron chi connectivity index (χ3n) is 8.83. The van der Waals surface area contributed by atoms with Gasteiger partial charge in [-0.2, -0.15) is 0 Å². The summed E-state index contributed by atoms with van der Waals surface area (Å²) < 4.78 is 2.07. The van der Waals surface area contributed by atoms with Gasteiger partial charge in [-0.3, -0.25) is 9.59 Å². The molecule has 2 heterocycles. The van der Waals surface area contributed by atoms with E-state index in [2.05, 4.69) is 39.6 Å². The van der Waals surface area contributed by atoms with E-state index in [1.807, 2.05) is 98.8 Å². The van der Waals surface area contributed by atoms with Crippen LogP contribution in [0.2, 0.25) is 0 Å². The van der Waals surface area contributed by atoms with E-state index in [0.717, 1.165) is 45.9 Å². The monoisotopic (exact) mass is 673 g/mol. The van der Waals surface area contributed by atoms with Gasteiger partial charge in [0.2, 0.25) is 5.91 Å². The van der Waals surface area contributed by atoms with Gasteiger partial charge in [0, 0.05) is 36.1 Å². The minimum Gasteiger partial charge on any atom is -0.386 e. The van der Waals surface area contributed by atoms with Gasteiger partial charge in [-0.15, -0.1) is 0 Å². The number of aliphatic hydroxyl groups is 2. The molecular formula is C41H47N5O4. The Bertz CT molecular complexity index is 1850. The number of nitrogens with one attached hydrogen (secondary N) is 3. The van der Waals surface area contributed by atoms with Crippen LogP contribution in [0.25, 0.3) is 5.82 Å². The van der Waals surface area contributed by atoms with E-state index in [9.17, 15) is 19.8 Å². The molecule has 2 aromatic heterocycles. The lowest BCUT2D eigenvalue weighted by Crippen LogP contribution is -2.37. The van der Waals surface area contributed by atoms with Crippen LogP contribution < -0.4 is 16.0 Å². The van der Waals surface area contributed by atoms with Gasteiger partial charge in [-0.05, 0) is 92.8 Å². The summed E-state index contributed by atoms with van der Waals surface area (Å²) in [5.74, 6) is 0.422. The number of amides is 2. The smallest absolute Gasteiger partial charge is 0.251 e. The summed E-state index contributed by atoms with van der Waals surface area (Å²) in [7, 11) is 0. The summed E-state index contributed by atoms with van der Waals surface area (Å²) in [6.45, 7) is 8.63. The van der Waals surface area contributed by atoms with Gasteiger partial charge in [0.05, 0.1) is 24.3 Å². The molecule has 9 heteroatoms. The summed E-state index contributed by atoms with van der Waals surface area (Å²) in [5, 5.41) is 30.7. The molecular weight excluding hydrogens is 626 g/mol. The molecule has 3 aromatic carbocycles. The number of aryl methyl sites for hydroxylation is 2. The van der Waals surface area contributed by atoms with E-state index in [0.29, 0.717) is 24.3 Å². The van der Waals surface area contributed by atoms with Gasteiger partial charge < -0.3 is 30.7 Å². The summed E-state index contributed by atoms with van der Waals surface area (Å²) in [6.07, 6.45) is -0.578. The van der Waals surface area contributed by atoms with E-state index in [1.165, 1.54) is 0 Å². The Kier molecular flexibility index (Phi) is 12.3. The predicted molar refractivity (Wildman–Crippen MR) is 196 cm³/mol. The van der Waals surface area contributed by atoms with Crippen molar-refractivity contribution in [3.8, 4) is 5.82 Å². The summed E-state index contributed by atoms with van der Waals surface area (Å²) in [5.41, 5.74) is 6.92. The van der Waals surface area contributed by atoms with Crippen LogP contribution in [0.3, 0.4) is 0 Å². The van der Waals surface area contributed by atoms with Crippen LogP contribution in [-0.2, 0) is 24.2 Å². The highest BCUT2D eigenvalue weighted by molar-refractivity contribution is 5.94. The van der Waals surface area contributed by atoms with Gasteiger partial charge >= 0.3 is 0 Å². The molecule has 0 bridgehead atoms. The number of pyridine rings is 1. The van der Waals surface area contributed by atoms with Crippen molar-refractivity contribution in [3.63, 3.8) is 0 Å². The molecule has 0 aliphatic carbocycles. The molecule has 0 saturated heterocycles. The minimum absolute atomic E-state index is 0.0908. The zero-order valence-electron chi connectivity index (χ0n) is 29.1. The number of aromatic nitrogens is 2. The Balaban J connectivity index is 1.05. The number of rotatable bonds is 15. The van der Waals surface area contributed by atoms with Crippen LogP contribution in [0.4, 0.5) is 0 Å². The van der Waals surface area contributed by atoms with Crippen molar-refractivity contribution in [3.05, 3.63) is 154 Å². The van der Waals surface area contributed by atoms with E-state index < -0.39 is 18.2 Å². The first-order valence-electron chi connectivity index (χ1n) is 17.1. The number of hydrogen-bond acceptors (Lipinski definition) is 6. The maximum Gasteiger partial charge on any atom is 0.251 e. The average Bonchev–Trinajstić information content (AvgIpc) is 3.47. The van der Waals surface area contributed by atoms with Crippen LogP contribution in [0.1, 0.15) is 75.7 Å². The van der Waals surface area contributed by atoms with Crippen LogP contribution in [0.5, 0.6) is 0 Å². The van der Waals surface area contributed by atoms with Gasteiger partial charge in [-0.1, -0.05) is 72.8 Å². The predicted octanol–water partition coefficient (Wildman–Crippen LogP) is 5.45. The van der Waals surface area contributed by atoms with Gasteiger partial charge in [0.25, 0.3) is 5.91 Å². The Morgan fingerprint density at radius 2 is 1.46 bits per heavy atom. The molecule has 2 amide bonds. The third kappa shape index (κ3) is 9.75. The highest BCUT2D eigenvalue weighted by atomic mass is 16.3. The number of hydrogen-bond donors (Lipinski definition) is 5. The molecule has 260 valence electrons. The first-order chi connectivity index (χ1) is 24.1. The SMILES string of the molecule is Cc1ccc(C)n1-c1cccc([C@H](O)CNC(C)Cc2cccc(CC(=O)NCc3ccc(C(=O)N[C@@H](C)[C@H](O)c4ccccc4)cc3)c2)n1. The third-order valence-corrected chi connectivity index (χ3v) is 8.83. The van der Waals surface area contributed by atoms with E-state index in [4.69, 9.17) is 4.98 Å². The van der Waals surface area contributed by atoms with Crippen molar-refractivity contribution in [2.45, 2.75) is 71.4 Å². The second-order valence-electron chi connectivity index (χ2n) is 13.0. The first-order valence-corrected chi connectivity index (χ1v) is 17.1.